The van der Waals surface area contributed by atoms with E-state index in [1.807, 2.05) is 84.9 Å². The molecular weight excluding hydrogens is 532 g/mol. The Morgan fingerprint density at radius 2 is 1.41 bits per heavy atom. The third kappa shape index (κ3) is 8.59. The van der Waals surface area contributed by atoms with E-state index in [9.17, 15) is 9.59 Å². The van der Waals surface area contributed by atoms with Crippen molar-refractivity contribution in [2.75, 3.05) is 11.9 Å². The molecule has 188 valence electrons. The summed E-state index contributed by atoms with van der Waals surface area (Å²) < 4.78 is 12.5. The van der Waals surface area contributed by atoms with Gasteiger partial charge in [0.25, 0.3) is 0 Å². The van der Waals surface area contributed by atoms with E-state index in [-0.39, 0.29) is 24.8 Å². The molecule has 0 aliphatic rings. The van der Waals surface area contributed by atoms with Gasteiger partial charge in [-0.1, -0.05) is 76.6 Å². The Hall–Kier alpha value is -3.94. The average molecular weight is 559 g/mol. The molecule has 6 nitrogen and oxygen atoms in total. The Balaban J connectivity index is 1.38. The fourth-order valence-corrected chi connectivity index (χ4v) is 4.04. The van der Waals surface area contributed by atoms with Crippen molar-refractivity contribution >= 4 is 33.4 Å². The molecule has 7 heteroatoms. The van der Waals surface area contributed by atoms with Crippen LogP contribution in [0.2, 0.25) is 0 Å². The van der Waals surface area contributed by atoms with Gasteiger partial charge < -0.3 is 20.1 Å². The minimum Gasteiger partial charge on any atom is -0.457 e. The summed E-state index contributed by atoms with van der Waals surface area (Å²) in [6, 6.07) is 32.8. The van der Waals surface area contributed by atoms with Gasteiger partial charge in [0.1, 0.15) is 17.5 Å². The molecule has 0 saturated carbocycles. The van der Waals surface area contributed by atoms with Crippen LogP contribution in [-0.4, -0.2) is 24.5 Å². The van der Waals surface area contributed by atoms with Gasteiger partial charge in [-0.05, 0) is 59.7 Å². The lowest BCUT2D eigenvalue weighted by molar-refractivity contribution is -0.127. The van der Waals surface area contributed by atoms with Gasteiger partial charge in [0.05, 0.1) is 19.6 Å². The molecule has 0 bridgehead atoms. The number of carbonyl (C=O) groups excluding carboxylic acids is 2. The van der Waals surface area contributed by atoms with E-state index < -0.39 is 6.04 Å². The molecule has 1 unspecified atom stereocenters. The first-order valence-electron chi connectivity index (χ1n) is 11.8. The number of rotatable bonds is 11. The number of benzene rings is 4. The van der Waals surface area contributed by atoms with Crippen LogP contribution in [0.5, 0.6) is 11.5 Å². The second-order valence-electron chi connectivity index (χ2n) is 8.36. The van der Waals surface area contributed by atoms with E-state index >= 15 is 0 Å². The average Bonchev–Trinajstić information content (AvgIpc) is 2.90. The van der Waals surface area contributed by atoms with E-state index in [4.69, 9.17) is 9.47 Å². The predicted octanol–water partition coefficient (Wildman–Crippen LogP) is 6.12. The number of ether oxygens (including phenoxy) is 2. The number of amides is 2. The third-order valence-electron chi connectivity index (χ3n) is 5.40. The van der Waals surface area contributed by atoms with Crippen molar-refractivity contribution in [3.8, 4) is 11.5 Å². The first kappa shape index (κ1) is 26.1. The summed E-state index contributed by atoms with van der Waals surface area (Å²) in [5, 5.41) is 5.68. The Morgan fingerprint density at radius 1 is 0.757 bits per heavy atom. The van der Waals surface area contributed by atoms with E-state index in [1.165, 1.54) is 0 Å². The van der Waals surface area contributed by atoms with Crippen LogP contribution in [-0.2, 0) is 27.4 Å². The zero-order valence-corrected chi connectivity index (χ0v) is 21.7. The molecule has 0 radical (unpaired) electrons. The summed E-state index contributed by atoms with van der Waals surface area (Å²) in [7, 11) is 0. The molecule has 0 saturated heterocycles. The van der Waals surface area contributed by atoms with Gasteiger partial charge >= 0.3 is 0 Å². The highest BCUT2D eigenvalue weighted by atomic mass is 79.9. The lowest BCUT2D eigenvalue weighted by Gasteiger charge is -2.19. The number of nitrogens with one attached hydrogen (secondary N) is 2. The number of hydrogen-bond donors (Lipinski definition) is 2. The highest BCUT2D eigenvalue weighted by Crippen LogP contribution is 2.22. The van der Waals surface area contributed by atoms with Crippen LogP contribution in [0.15, 0.2) is 114 Å². The summed E-state index contributed by atoms with van der Waals surface area (Å²) in [5.74, 6) is 0.734. The van der Waals surface area contributed by atoms with Crippen LogP contribution in [0.1, 0.15) is 11.1 Å². The van der Waals surface area contributed by atoms with Gasteiger partial charge in [0, 0.05) is 10.2 Å². The molecule has 0 aromatic heterocycles. The van der Waals surface area contributed by atoms with Gasteiger partial charge in [-0.2, -0.15) is 0 Å². The molecule has 37 heavy (non-hydrogen) atoms. The maximum absolute atomic E-state index is 13.1. The van der Waals surface area contributed by atoms with Gasteiger partial charge in [0.2, 0.25) is 11.8 Å². The van der Waals surface area contributed by atoms with Crippen molar-refractivity contribution < 1.29 is 19.1 Å². The van der Waals surface area contributed by atoms with Crippen LogP contribution in [0.25, 0.3) is 0 Å². The molecule has 4 aromatic rings. The van der Waals surface area contributed by atoms with Crippen LogP contribution in [0.4, 0.5) is 5.69 Å². The zero-order valence-electron chi connectivity index (χ0n) is 20.1. The van der Waals surface area contributed by atoms with Crippen molar-refractivity contribution in [2.24, 2.45) is 0 Å². The quantitative estimate of drug-likeness (QED) is 0.232. The van der Waals surface area contributed by atoms with Gasteiger partial charge in [-0.25, -0.2) is 0 Å². The van der Waals surface area contributed by atoms with E-state index in [2.05, 4.69) is 26.6 Å². The highest BCUT2D eigenvalue weighted by molar-refractivity contribution is 9.10. The van der Waals surface area contributed by atoms with Gasteiger partial charge in [-0.15, -0.1) is 0 Å². The summed E-state index contributed by atoms with van der Waals surface area (Å²) in [6.45, 7) is 0.359. The van der Waals surface area contributed by atoms with Crippen LogP contribution >= 0.6 is 15.9 Å². The maximum atomic E-state index is 13.1. The molecule has 4 rings (SSSR count). The molecular formula is C30H27BrN2O4. The second-order valence-corrected chi connectivity index (χ2v) is 9.27. The Kier molecular flexibility index (Phi) is 9.46. The number of para-hydroxylation sites is 1. The SMILES string of the molecule is O=C(Cc1cccc(Br)c1)NC(COCc1ccccc1)C(=O)Nc1ccc(Oc2ccccc2)cc1. The molecule has 4 aromatic carbocycles. The fourth-order valence-electron chi connectivity index (χ4n) is 3.59. The zero-order chi connectivity index (χ0) is 25.9. The first-order chi connectivity index (χ1) is 18.0. The topological polar surface area (TPSA) is 76.7 Å². The van der Waals surface area contributed by atoms with E-state index in [0.29, 0.717) is 18.0 Å². The van der Waals surface area contributed by atoms with Crippen molar-refractivity contribution in [2.45, 2.75) is 19.1 Å². The molecule has 0 heterocycles. The van der Waals surface area contributed by atoms with Gasteiger partial charge in [0.15, 0.2) is 0 Å². The summed E-state index contributed by atoms with van der Waals surface area (Å²) in [5.41, 5.74) is 2.40. The van der Waals surface area contributed by atoms with E-state index in [1.54, 1.807) is 24.3 Å². The minimum atomic E-state index is -0.872. The molecule has 1 atom stereocenters. The minimum absolute atomic E-state index is 0.0279. The second kappa shape index (κ2) is 13.4. The highest BCUT2D eigenvalue weighted by Gasteiger charge is 2.22. The lowest BCUT2D eigenvalue weighted by Crippen LogP contribution is -2.47. The van der Waals surface area contributed by atoms with Gasteiger partial charge in [-0.3, -0.25) is 9.59 Å². The number of halogens is 1. The first-order valence-corrected chi connectivity index (χ1v) is 12.6. The third-order valence-corrected chi connectivity index (χ3v) is 5.90. The number of hydrogen-bond acceptors (Lipinski definition) is 4. The Morgan fingerprint density at radius 3 is 2.11 bits per heavy atom. The van der Waals surface area contributed by atoms with E-state index in [0.717, 1.165) is 21.3 Å². The summed E-state index contributed by atoms with van der Waals surface area (Å²) >= 11 is 3.42. The molecule has 0 aliphatic heterocycles. The number of carbonyl (C=O) groups is 2. The molecule has 0 fully saturated rings. The Bertz CT molecular complexity index is 1300. The standard InChI is InChI=1S/C30H27BrN2O4/c31-24-11-7-10-23(18-24)19-29(34)33-28(21-36-20-22-8-3-1-4-9-22)30(35)32-25-14-16-27(17-15-25)37-26-12-5-2-6-13-26/h1-18,28H,19-21H2,(H,32,35)(H,33,34). The smallest absolute Gasteiger partial charge is 0.249 e. The van der Waals surface area contributed by atoms with Crippen molar-refractivity contribution in [1.29, 1.82) is 0 Å². The Labute approximate surface area is 224 Å². The van der Waals surface area contributed by atoms with Crippen LogP contribution in [0, 0.1) is 0 Å². The predicted molar refractivity (Wildman–Crippen MR) is 147 cm³/mol. The van der Waals surface area contributed by atoms with Crippen molar-refractivity contribution in [1.82, 2.24) is 5.32 Å². The van der Waals surface area contributed by atoms with Crippen molar-refractivity contribution in [3.05, 3.63) is 125 Å². The largest absolute Gasteiger partial charge is 0.457 e. The fraction of sp³-hybridized carbons (Fsp3) is 0.133. The lowest BCUT2D eigenvalue weighted by atomic mass is 10.1. The summed E-state index contributed by atoms with van der Waals surface area (Å²) in [6.07, 6.45) is 0.146. The van der Waals surface area contributed by atoms with Crippen LogP contribution < -0.4 is 15.4 Å². The molecule has 2 N–H and O–H groups in total. The monoisotopic (exact) mass is 558 g/mol. The molecule has 0 spiro atoms. The molecule has 2 amide bonds. The van der Waals surface area contributed by atoms with Crippen molar-refractivity contribution in [3.63, 3.8) is 0 Å². The van der Waals surface area contributed by atoms with Crippen LogP contribution in [0.3, 0.4) is 0 Å². The molecule has 0 aliphatic carbocycles. The summed E-state index contributed by atoms with van der Waals surface area (Å²) in [4.78, 5) is 25.9. The number of anilines is 1. The normalized spacial score (nSPS) is 11.4. The maximum Gasteiger partial charge on any atom is 0.249 e.